The van der Waals surface area contributed by atoms with Gasteiger partial charge in [-0.05, 0) is 63.2 Å². The van der Waals surface area contributed by atoms with E-state index in [2.05, 4.69) is 36.2 Å². The van der Waals surface area contributed by atoms with Crippen LogP contribution >= 0.6 is 12.4 Å². The topological polar surface area (TPSA) is 12.5 Å². The van der Waals surface area contributed by atoms with Crippen molar-refractivity contribution in [3.63, 3.8) is 0 Å². The molecule has 1 saturated heterocycles. The Balaban J connectivity index is 0.00000208. The van der Waals surface area contributed by atoms with E-state index in [9.17, 15) is 0 Å². The highest BCUT2D eigenvalue weighted by Crippen LogP contribution is 2.29. The van der Waals surface area contributed by atoms with Gasteiger partial charge in [-0.1, -0.05) is 50.3 Å². The molecule has 1 aliphatic carbocycles. The summed E-state index contributed by atoms with van der Waals surface area (Å²) in [7, 11) is 2.25. The van der Waals surface area contributed by atoms with E-state index in [0.717, 1.165) is 30.7 Å². The second-order valence-corrected chi connectivity index (χ2v) is 7.56. The number of para-hydroxylation sites is 1. The average Bonchev–Trinajstić information content (AvgIpc) is 3.00. The Kier molecular flexibility index (Phi) is 8.41. The second kappa shape index (κ2) is 10.3. The van der Waals surface area contributed by atoms with Gasteiger partial charge in [0.15, 0.2) is 0 Å². The van der Waals surface area contributed by atoms with E-state index < -0.39 is 0 Å². The van der Waals surface area contributed by atoms with Crippen LogP contribution in [0, 0.1) is 5.92 Å². The van der Waals surface area contributed by atoms with Crippen LogP contribution in [0.1, 0.15) is 63.4 Å². The van der Waals surface area contributed by atoms with Crippen molar-refractivity contribution in [1.29, 1.82) is 0 Å². The first-order chi connectivity index (χ1) is 11.3. The first-order valence-electron chi connectivity index (χ1n) is 9.74. The quantitative estimate of drug-likeness (QED) is 0.644. The molecule has 0 unspecified atom stereocenters. The monoisotopic (exact) mass is 351 g/mol. The molecule has 2 aliphatic rings. The van der Waals surface area contributed by atoms with Crippen molar-refractivity contribution in [3.8, 4) is 5.75 Å². The van der Waals surface area contributed by atoms with Gasteiger partial charge in [-0.15, -0.1) is 12.4 Å². The molecule has 0 spiro atoms. The van der Waals surface area contributed by atoms with E-state index in [4.69, 9.17) is 4.74 Å². The maximum absolute atomic E-state index is 6.16. The number of ether oxygens (including phenoxy) is 1. The fourth-order valence-electron chi connectivity index (χ4n) is 4.34. The molecule has 3 heteroatoms. The third kappa shape index (κ3) is 5.67. The van der Waals surface area contributed by atoms with Gasteiger partial charge >= 0.3 is 0 Å². The molecule has 1 aromatic rings. The van der Waals surface area contributed by atoms with Crippen LogP contribution in [0.2, 0.25) is 0 Å². The molecule has 2 nitrogen and oxygen atoms in total. The van der Waals surface area contributed by atoms with Gasteiger partial charge < -0.3 is 9.64 Å². The van der Waals surface area contributed by atoms with Crippen LogP contribution in [-0.2, 0) is 6.42 Å². The molecule has 1 aliphatic heterocycles. The lowest BCUT2D eigenvalue weighted by atomic mass is 9.85. The van der Waals surface area contributed by atoms with Gasteiger partial charge in [-0.25, -0.2) is 0 Å². The van der Waals surface area contributed by atoms with Crippen molar-refractivity contribution in [1.82, 2.24) is 4.90 Å². The molecule has 136 valence electrons. The van der Waals surface area contributed by atoms with Gasteiger partial charge in [-0.3, -0.25) is 0 Å². The Labute approximate surface area is 154 Å². The van der Waals surface area contributed by atoms with Gasteiger partial charge in [0.1, 0.15) is 5.75 Å². The van der Waals surface area contributed by atoms with Crippen molar-refractivity contribution in [2.24, 2.45) is 5.92 Å². The zero-order valence-corrected chi connectivity index (χ0v) is 16.0. The van der Waals surface area contributed by atoms with E-state index in [1.165, 1.54) is 69.9 Å². The summed E-state index contributed by atoms with van der Waals surface area (Å²) >= 11 is 0. The Morgan fingerprint density at radius 3 is 2.54 bits per heavy atom. The Bertz CT molecular complexity index is 473. The number of halogens is 1. The van der Waals surface area contributed by atoms with Gasteiger partial charge in [0, 0.05) is 6.04 Å². The van der Waals surface area contributed by atoms with Crippen LogP contribution in [0.3, 0.4) is 0 Å². The molecule has 1 heterocycles. The summed E-state index contributed by atoms with van der Waals surface area (Å²) < 4.78 is 6.16. The minimum Gasteiger partial charge on any atom is -0.493 e. The van der Waals surface area contributed by atoms with Crippen molar-refractivity contribution in [2.45, 2.75) is 70.3 Å². The van der Waals surface area contributed by atoms with E-state index in [-0.39, 0.29) is 12.4 Å². The van der Waals surface area contributed by atoms with Gasteiger partial charge in [0.05, 0.1) is 6.61 Å². The van der Waals surface area contributed by atoms with Crippen molar-refractivity contribution < 1.29 is 4.74 Å². The van der Waals surface area contributed by atoms with Gasteiger partial charge in [-0.2, -0.15) is 0 Å². The molecule has 1 atom stereocenters. The van der Waals surface area contributed by atoms with E-state index in [1.54, 1.807) is 0 Å². The molecule has 2 fully saturated rings. The van der Waals surface area contributed by atoms with Crippen LogP contribution in [0.15, 0.2) is 24.3 Å². The van der Waals surface area contributed by atoms with Crippen LogP contribution < -0.4 is 4.74 Å². The minimum atomic E-state index is 0. The summed E-state index contributed by atoms with van der Waals surface area (Å²) in [6, 6.07) is 9.42. The SMILES string of the molecule is CN1CCC[C@H]1CCOc1ccccc1CCC1CCCCC1.Cl. The summed E-state index contributed by atoms with van der Waals surface area (Å²) in [6.07, 6.45) is 13.6. The lowest BCUT2D eigenvalue weighted by Crippen LogP contribution is -2.26. The molecular formula is C21H34ClNO. The maximum Gasteiger partial charge on any atom is 0.122 e. The fraction of sp³-hybridized carbons (Fsp3) is 0.714. The molecule has 0 aromatic heterocycles. The number of aryl methyl sites for hydroxylation is 1. The Hall–Kier alpha value is -0.730. The first-order valence-corrected chi connectivity index (χ1v) is 9.74. The summed E-state index contributed by atoms with van der Waals surface area (Å²) in [6.45, 7) is 2.11. The molecule has 3 rings (SSSR count). The molecule has 1 saturated carbocycles. The molecular weight excluding hydrogens is 318 g/mol. The molecule has 1 aromatic carbocycles. The highest BCUT2D eigenvalue weighted by molar-refractivity contribution is 5.85. The molecule has 0 amide bonds. The van der Waals surface area contributed by atoms with Crippen molar-refractivity contribution in [3.05, 3.63) is 29.8 Å². The number of likely N-dealkylation sites (tertiary alicyclic amines) is 1. The predicted octanol–water partition coefficient (Wildman–Crippen LogP) is 5.48. The van der Waals surface area contributed by atoms with E-state index in [0.29, 0.717) is 0 Å². The smallest absolute Gasteiger partial charge is 0.122 e. The molecule has 0 bridgehead atoms. The first kappa shape index (κ1) is 19.6. The van der Waals surface area contributed by atoms with Gasteiger partial charge in [0.25, 0.3) is 0 Å². The molecule has 0 radical (unpaired) electrons. The van der Waals surface area contributed by atoms with Crippen LogP contribution in [-0.4, -0.2) is 31.1 Å². The fourth-order valence-corrected chi connectivity index (χ4v) is 4.34. The predicted molar refractivity (Wildman–Crippen MR) is 104 cm³/mol. The summed E-state index contributed by atoms with van der Waals surface area (Å²) in [5.41, 5.74) is 1.41. The van der Waals surface area contributed by atoms with Crippen molar-refractivity contribution >= 4 is 12.4 Å². The zero-order chi connectivity index (χ0) is 15.9. The number of hydrogen-bond donors (Lipinski definition) is 0. The minimum absolute atomic E-state index is 0. The lowest BCUT2D eigenvalue weighted by Gasteiger charge is -2.22. The number of hydrogen-bond acceptors (Lipinski definition) is 2. The Morgan fingerprint density at radius 2 is 1.79 bits per heavy atom. The number of benzene rings is 1. The second-order valence-electron chi connectivity index (χ2n) is 7.56. The van der Waals surface area contributed by atoms with Crippen LogP contribution in [0.5, 0.6) is 5.75 Å². The highest BCUT2D eigenvalue weighted by Gasteiger charge is 2.20. The zero-order valence-electron chi connectivity index (χ0n) is 15.2. The van der Waals surface area contributed by atoms with Gasteiger partial charge in [0.2, 0.25) is 0 Å². The summed E-state index contributed by atoms with van der Waals surface area (Å²) in [4.78, 5) is 2.48. The van der Waals surface area contributed by atoms with Crippen LogP contribution in [0.4, 0.5) is 0 Å². The molecule has 24 heavy (non-hydrogen) atoms. The Morgan fingerprint density at radius 1 is 1.00 bits per heavy atom. The summed E-state index contributed by atoms with van der Waals surface area (Å²) in [5.74, 6) is 2.08. The number of rotatable bonds is 7. The maximum atomic E-state index is 6.16. The number of nitrogens with zero attached hydrogens (tertiary/aromatic N) is 1. The third-order valence-electron chi connectivity index (χ3n) is 5.90. The van der Waals surface area contributed by atoms with Crippen molar-refractivity contribution in [2.75, 3.05) is 20.2 Å². The third-order valence-corrected chi connectivity index (χ3v) is 5.90. The highest BCUT2D eigenvalue weighted by atomic mass is 35.5. The normalized spacial score (nSPS) is 22.3. The van der Waals surface area contributed by atoms with E-state index >= 15 is 0 Å². The largest absolute Gasteiger partial charge is 0.493 e. The molecule has 0 N–H and O–H groups in total. The average molecular weight is 352 g/mol. The lowest BCUT2D eigenvalue weighted by molar-refractivity contribution is 0.231. The summed E-state index contributed by atoms with van der Waals surface area (Å²) in [5, 5.41) is 0. The van der Waals surface area contributed by atoms with E-state index in [1.807, 2.05) is 0 Å². The van der Waals surface area contributed by atoms with Crippen LogP contribution in [0.25, 0.3) is 0 Å². The standard InChI is InChI=1S/C21H33NO.ClH/c1-22-16-7-11-20(22)15-17-23-21-12-6-5-10-19(21)14-13-18-8-3-2-4-9-18;/h5-6,10,12,18,20H,2-4,7-9,11,13-17H2,1H3;1H/t20-;/m0./s1.